The molecule has 0 N–H and O–H groups in total. The molecule has 2 aromatic rings. The van der Waals surface area contributed by atoms with Crippen LogP contribution in [0.15, 0.2) is 30.3 Å². The summed E-state index contributed by atoms with van der Waals surface area (Å²) in [6.07, 6.45) is -0.478. The molecule has 2 amide bonds. The van der Waals surface area contributed by atoms with E-state index in [0.717, 1.165) is 22.8 Å². The molecule has 0 spiro atoms. The summed E-state index contributed by atoms with van der Waals surface area (Å²) in [5.74, 6) is 1.34. The van der Waals surface area contributed by atoms with E-state index < -0.39 is 17.2 Å². The van der Waals surface area contributed by atoms with Crippen molar-refractivity contribution in [2.75, 3.05) is 25.1 Å². The molecular formula is C23H32N4O4. The zero-order valence-electron chi connectivity index (χ0n) is 19.4. The Morgan fingerprint density at radius 2 is 1.81 bits per heavy atom. The third kappa shape index (κ3) is 4.84. The molecule has 3 rings (SSSR count). The highest BCUT2D eigenvalue weighted by Crippen LogP contribution is 2.29. The Morgan fingerprint density at radius 1 is 1.16 bits per heavy atom. The maximum Gasteiger partial charge on any atom is 0.411 e. The Balaban J connectivity index is 1.84. The second-order valence-electron chi connectivity index (χ2n) is 9.30. The topological polar surface area (TPSA) is 76.9 Å². The van der Waals surface area contributed by atoms with Gasteiger partial charge in [-0.05, 0) is 59.2 Å². The summed E-state index contributed by atoms with van der Waals surface area (Å²) in [7, 11) is 1.63. The van der Waals surface area contributed by atoms with E-state index in [2.05, 4.69) is 5.10 Å². The van der Waals surface area contributed by atoms with E-state index in [9.17, 15) is 9.59 Å². The van der Waals surface area contributed by atoms with Crippen molar-refractivity contribution in [2.45, 2.75) is 59.2 Å². The molecule has 1 aromatic heterocycles. The average Bonchev–Trinajstić information content (AvgIpc) is 3.02. The van der Waals surface area contributed by atoms with Crippen LogP contribution in [0.3, 0.4) is 0 Å². The largest absolute Gasteiger partial charge is 0.497 e. The van der Waals surface area contributed by atoms with E-state index in [1.54, 1.807) is 25.9 Å². The van der Waals surface area contributed by atoms with Gasteiger partial charge in [0, 0.05) is 19.2 Å². The van der Waals surface area contributed by atoms with Crippen LogP contribution in [0, 0.1) is 6.92 Å². The average molecular weight is 429 g/mol. The molecule has 1 saturated heterocycles. The van der Waals surface area contributed by atoms with Crippen LogP contribution in [-0.4, -0.2) is 58.0 Å². The van der Waals surface area contributed by atoms with Gasteiger partial charge < -0.3 is 9.47 Å². The molecule has 0 unspecified atom stereocenters. The SMILES string of the molecule is COc1ccc(Cn2nc(C)cc2N2CCN(C(=O)OC(C)(C)C)C(C)(C)C2=O)cc1. The number of carbonyl (C=O) groups excluding carboxylic acids is 2. The van der Waals surface area contributed by atoms with Crippen molar-refractivity contribution in [3.63, 3.8) is 0 Å². The Labute approximate surface area is 183 Å². The zero-order valence-corrected chi connectivity index (χ0v) is 19.4. The number of amides is 2. The predicted octanol–water partition coefficient (Wildman–Crippen LogP) is 3.61. The van der Waals surface area contributed by atoms with E-state index in [4.69, 9.17) is 9.47 Å². The summed E-state index contributed by atoms with van der Waals surface area (Å²) >= 11 is 0. The molecule has 1 aliphatic rings. The highest BCUT2D eigenvalue weighted by molar-refractivity contribution is 6.02. The number of aryl methyl sites for hydroxylation is 1. The normalized spacial score (nSPS) is 16.4. The minimum atomic E-state index is -1.04. The van der Waals surface area contributed by atoms with Gasteiger partial charge in [0.15, 0.2) is 0 Å². The first-order valence-corrected chi connectivity index (χ1v) is 10.4. The van der Waals surface area contributed by atoms with Crippen LogP contribution in [0.1, 0.15) is 45.9 Å². The van der Waals surface area contributed by atoms with Crippen LogP contribution in [0.4, 0.5) is 10.6 Å². The molecule has 1 fully saturated rings. The second kappa shape index (κ2) is 8.24. The lowest BCUT2D eigenvalue weighted by atomic mass is 9.98. The summed E-state index contributed by atoms with van der Waals surface area (Å²) in [6, 6.07) is 9.66. The van der Waals surface area contributed by atoms with Crippen molar-refractivity contribution >= 4 is 17.8 Å². The molecule has 0 saturated carbocycles. The van der Waals surface area contributed by atoms with E-state index in [0.29, 0.717) is 19.6 Å². The number of benzene rings is 1. The third-order valence-electron chi connectivity index (χ3n) is 5.25. The first kappa shape index (κ1) is 22.7. The van der Waals surface area contributed by atoms with Crippen LogP contribution in [0.5, 0.6) is 5.75 Å². The summed E-state index contributed by atoms with van der Waals surface area (Å²) in [5.41, 5.74) is 0.207. The monoisotopic (exact) mass is 428 g/mol. The molecular weight excluding hydrogens is 396 g/mol. The Bertz CT molecular complexity index is 957. The first-order valence-electron chi connectivity index (χ1n) is 10.4. The molecule has 168 valence electrons. The zero-order chi connectivity index (χ0) is 23.0. The number of hydrogen-bond acceptors (Lipinski definition) is 5. The van der Waals surface area contributed by atoms with E-state index in [-0.39, 0.29) is 5.91 Å². The van der Waals surface area contributed by atoms with Crippen LogP contribution in [0.2, 0.25) is 0 Å². The van der Waals surface area contributed by atoms with E-state index in [1.807, 2.05) is 62.7 Å². The van der Waals surface area contributed by atoms with Crippen molar-refractivity contribution in [1.82, 2.24) is 14.7 Å². The van der Waals surface area contributed by atoms with Gasteiger partial charge in [0.1, 0.15) is 22.7 Å². The summed E-state index contributed by atoms with van der Waals surface area (Å²) < 4.78 is 12.6. The quantitative estimate of drug-likeness (QED) is 0.744. The van der Waals surface area contributed by atoms with Gasteiger partial charge in [-0.15, -0.1) is 0 Å². The highest BCUT2D eigenvalue weighted by atomic mass is 16.6. The fraction of sp³-hybridized carbons (Fsp3) is 0.522. The number of methoxy groups -OCH3 is 1. The summed E-state index contributed by atoms with van der Waals surface area (Å²) in [6.45, 7) is 12.1. The molecule has 0 bridgehead atoms. The number of aromatic nitrogens is 2. The number of nitrogens with zero attached hydrogens (tertiary/aromatic N) is 4. The fourth-order valence-corrected chi connectivity index (χ4v) is 3.65. The maximum atomic E-state index is 13.4. The van der Waals surface area contributed by atoms with Gasteiger partial charge in [-0.2, -0.15) is 5.10 Å². The number of rotatable bonds is 4. The van der Waals surface area contributed by atoms with Gasteiger partial charge in [-0.25, -0.2) is 9.48 Å². The number of anilines is 1. The third-order valence-corrected chi connectivity index (χ3v) is 5.25. The molecule has 2 heterocycles. The lowest BCUT2D eigenvalue weighted by Crippen LogP contribution is -2.65. The number of carbonyl (C=O) groups is 2. The van der Waals surface area contributed by atoms with Crippen molar-refractivity contribution in [3.8, 4) is 5.75 Å². The van der Waals surface area contributed by atoms with Gasteiger partial charge in [-0.1, -0.05) is 12.1 Å². The van der Waals surface area contributed by atoms with E-state index in [1.165, 1.54) is 4.90 Å². The fourth-order valence-electron chi connectivity index (χ4n) is 3.65. The minimum absolute atomic E-state index is 0.166. The van der Waals surface area contributed by atoms with Crippen LogP contribution < -0.4 is 9.64 Å². The van der Waals surface area contributed by atoms with Crippen molar-refractivity contribution < 1.29 is 19.1 Å². The highest BCUT2D eigenvalue weighted by Gasteiger charge is 2.46. The number of piperazine rings is 1. The van der Waals surface area contributed by atoms with Gasteiger partial charge in [-0.3, -0.25) is 14.6 Å². The molecule has 8 nitrogen and oxygen atoms in total. The van der Waals surface area contributed by atoms with Crippen LogP contribution in [-0.2, 0) is 16.1 Å². The molecule has 0 aliphatic carbocycles. The van der Waals surface area contributed by atoms with Gasteiger partial charge in [0.05, 0.1) is 19.3 Å². The smallest absolute Gasteiger partial charge is 0.411 e. The first-order chi connectivity index (χ1) is 14.4. The second-order valence-corrected chi connectivity index (χ2v) is 9.30. The van der Waals surface area contributed by atoms with Crippen molar-refractivity contribution in [1.29, 1.82) is 0 Å². The predicted molar refractivity (Wildman–Crippen MR) is 118 cm³/mol. The maximum absolute atomic E-state index is 13.4. The summed E-state index contributed by atoms with van der Waals surface area (Å²) in [5, 5.41) is 4.59. The minimum Gasteiger partial charge on any atom is -0.497 e. The Hall–Kier alpha value is -3.03. The Morgan fingerprint density at radius 3 is 2.39 bits per heavy atom. The van der Waals surface area contributed by atoms with E-state index >= 15 is 0 Å². The number of hydrogen-bond donors (Lipinski definition) is 0. The molecule has 1 aromatic carbocycles. The molecule has 0 atom stereocenters. The molecule has 0 radical (unpaired) electrons. The lowest BCUT2D eigenvalue weighted by Gasteiger charge is -2.45. The van der Waals surface area contributed by atoms with Crippen LogP contribution in [0.25, 0.3) is 0 Å². The summed E-state index contributed by atoms with van der Waals surface area (Å²) in [4.78, 5) is 29.4. The van der Waals surface area contributed by atoms with Crippen molar-refractivity contribution in [2.24, 2.45) is 0 Å². The molecule has 31 heavy (non-hydrogen) atoms. The lowest BCUT2D eigenvalue weighted by molar-refractivity contribution is -0.131. The van der Waals surface area contributed by atoms with Gasteiger partial charge in [0.25, 0.3) is 5.91 Å². The van der Waals surface area contributed by atoms with Crippen molar-refractivity contribution in [3.05, 3.63) is 41.6 Å². The van der Waals surface area contributed by atoms with Crippen LogP contribution >= 0.6 is 0 Å². The standard InChI is InChI=1S/C23H32N4O4/c1-16-14-19(27(24-16)15-17-8-10-18(30-7)11-9-17)25-12-13-26(23(5,6)20(25)28)21(29)31-22(2,3)4/h8-11,14H,12-13,15H2,1-7H3. The molecule has 8 heteroatoms. The molecule has 1 aliphatic heterocycles. The van der Waals surface area contributed by atoms with Gasteiger partial charge >= 0.3 is 6.09 Å². The number of ether oxygens (including phenoxy) is 2. The van der Waals surface area contributed by atoms with Gasteiger partial charge in [0.2, 0.25) is 0 Å². The Kier molecular flexibility index (Phi) is 6.02.